The van der Waals surface area contributed by atoms with E-state index < -0.39 is 0 Å². The van der Waals surface area contributed by atoms with E-state index >= 15 is 0 Å². The molecule has 2 N–H and O–H groups in total. The van der Waals surface area contributed by atoms with E-state index in [1.807, 2.05) is 24.4 Å². The van der Waals surface area contributed by atoms with Crippen LogP contribution in [-0.2, 0) is 0 Å². The minimum absolute atomic E-state index is 0.333. The summed E-state index contributed by atoms with van der Waals surface area (Å²) in [7, 11) is 0. The summed E-state index contributed by atoms with van der Waals surface area (Å²) in [5, 5.41) is 4.38. The van der Waals surface area contributed by atoms with Gasteiger partial charge in [-0.15, -0.1) is 0 Å². The van der Waals surface area contributed by atoms with Gasteiger partial charge in [0.15, 0.2) is 11.5 Å². The first-order chi connectivity index (χ1) is 6.81. The molecule has 0 spiro atoms. The van der Waals surface area contributed by atoms with Crippen molar-refractivity contribution in [1.82, 2.24) is 14.6 Å². The van der Waals surface area contributed by atoms with Gasteiger partial charge in [0.25, 0.3) is 0 Å². The second-order valence-electron chi connectivity index (χ2n) is 3.45. The smallest absolute Gasteiger partial charge is 0.155 e. The van der Waals surface area contributed by atoms with Crippen molar-refractivity contribution in [3.63, 3.8) is 0 Å². The molecule has 2 heterocycles. The van der Waals surface area contributed by atoms with Gasteiger partial charge in [0.1, 0.15) is 0 Å². The molecule has 0 radical (unpaired) electrons. The fraction of sp³-hybridized carbons (Fsp3) is 0.400. The summed E-state index contributed by atoms with van der Waals surface area (Å²) in [6.45, 7) is 2.78. The molecule has 0 aliphatic carbocycles. The molecule has 4 heteroatoms. The van der Waals surface area contributed by atoms with Crippen molar-refractivity contribution < 1.29 is 0 Å². The van der Waals surface area contributed by atoms with Crippen LogP contribution in [-0.4, -0.2) is 21.1 Å². The predicted octanol–water partition coefficient (Wildman–Crippen LogP) is 1.18. The molecule has 0 aliphatic rings. The molecule has 2 rings (SSSR count). The first kappa shape index (κ1) is 9.15. The van der Waals surface area contributed by atoms with Crippen molar-refractivity contribution in [2.45, 2.75) is 19.3 Å². The van der Waals surface area contributed by atoms with E-state index in [0.29, 0.717) is 12.5 Å². The molecule has 2 aromatic rings. The standard InChI is InChI=1S/C10H14N4/c1-8(5-6-11)10-12-9-4-2-3-7-14(9)13-10/h2-4,7-8H,5-6,11H2,1H3. The Morgan fingerprint density at radius 3 is 3.07 bits per heavy atom. The summed E-state index contributed by atoms with van der Waals surface area (Å²) in [4.78, 5) is 4.43. The predicted molar refractivity (Wildman–Crippen MR) is 55.1 cm³/mol. The number of hydrogen-bond acceptors (Lipinski definition) is 3. The molecule has 0 aliphatic heterocycles. The fourth-order valence-electron chi connectivity index (χ4n) is 1.44. The molecule has 14 heavy (non-hydrogen) atoms. The van der Waals surface area contributed by atoms with E-state index in [0.717, 1.165) is 17.9 Å². The quantitative estimate of drug-likeness (QED) is 0.790. The van der Waals surface area contributed by atoms with Gasteiger partial charge in [0, 0.05) is 12.1 Å². The lowest BCUT2D eigenvalue weighted by Gasteiger charge is -2.02. The lowest BCUT2D eigenvalue weighted by atomic mass is 10.1. The Labute approximate surface area is 82.8 Å². The number of nitrogens with zero attached hydrogens (tertiary/aromatic N) is 3. The van der Waals surface area contributed by atoms with Gasteiger partial charge < -0.3 is 5.73 Å². The Kier molecular flexibility index (Phi) is 2.45. The summed E-state index contributed by atoms with van der Waals surface area (Å²) in [5.74, 6) is 1.21. The van der Waals surface area contributed by atoms with Gasteiger partial charge in [0.2, 0.25) is 0 Å². The maximum atomic E-state index is 5.50. The second kappa shape index (κ2) is 3.75. The third kappa shape index (κ3) is 1.61. The maximum absolute atomic E-state index is 5.50. The lowest BCUT2D eigenvalue weighted by molar-refractivity contribution is 0.646. The van der Waals surface area contributed by atoms with Gasteiger partial charge in [-0.3, -0.25) is 0 Å². The number of hydrogen-bond donors (Lipinski definition) is 1. The summed E-state index contributed by atoms with van der Waals surface area (Å²) < 4.78 is 1.79. The average Bonchev–Trinajstić information content (AvgIpc) is 2.61. The van der Waals surface area contributed by atoms with Crippen molar-refractivity contribution in [3.8, 4) is 0 Å². The molecule has 0 aromatic carbocycles. The maximum Gasteiger partial charge on any atom is 0.155 e. The molecule has 4 nitrogen and oxygen atoms in total. The van der Waals surface area contributed by atoms with Crippen LogP contribution in [0.2, 0.25) is 0 Å². The number of fused-ring (bicyclic) bond motifs is 1. The van der Waals surface area contributed by atoms with Crippen LogP contribution in [0.1, 0.15) is 25.1 Å². The fourth-order valence-corrected chi connectivity index (χ4v) is 1.44. The van der Waals surface area contributed by atoms with Crippen molar-refractivity contribution in [1.29, 1.82) is 0 Å². The van der Waals surface area contributed by atoms with E-state index in [9.17, 15) is 0 Å². The van der Waals surface area contributed by atoms with E-state index in [2.05, 4.69) is 17.0 Å². The molecule has 0 bridgehead atoms. The highest BCUT2D eigenvalue weighted by atomic mass is 15.3. The van der Waals surface area contributed by atoms with Crippen LogP contribution in [0.3, 0.4) is 0 Å². The van der Waals surface area contributed by atoms with E-state index in [1.165, 1.54) is 0 Å². The zero-order chi connectivity index (χ0) is 9.97. The molecule has 0 saturated carbocycles. The van der Waals surface area contributed by atoms with E-state index in [1.54, 1.807) is 4.52 Å². The minimum atomic E-state index is 0.333. The Bertz CT molecular complexity index is 388. The van der Waals surface area contributed by atoms with Crippen molar-refractivity contribution in [2.75, 3.05) is 6.54 Å². The highest BCUT2D eigenvalue weighted by molar-refractivity contribution is 5.36. The third-order valence-electron chi connectivity index (χ3n) is 2.30. The molecule has 1 atom stereocenters. The molecule has 0 fully saturated rings. The second-order valence-corrected chi connectivity index (χ2v) is 3.45. The van der Waals surface area contributed by atoms with Crippen LogP contribution < -0.4 is 5.73 Å². The molecule has 0 saturated heterocycles. The van der Waals surface area contributed by atoms with Gasteiger partial charge in [-0.05, 0) is 25.1 Å². The lowest BCUT2D eigenvalue weighted by Crippen LogP contribution is -2.05. The zero-order valence-corrected chi connectivity index (χ0v) is 8.22. The van der Waals surface area contributed by atoms with Crippen molar-refractivity contribution in [2.24, 2.45) is 5.73 Å². The van der Waals surface area contributed by atoms with E-state index in [4.69, 9.17) is 5.73 Å². The van der Waals surface area contributed by atoms with Crippen LogP contribution in [0, 0.1) is 0 Å². The minimum Gasteiger partial charge on any atom is -0.330 e. The van der Waals surface area contributed by atoms with Crippen molar-refractivity contribution in [3.05, 3.63) is 30.2 Å². The summed E-state index contributed by atoms with van der Waals surface area (Å²) in [6.07, 6.45) is 2.83. The summed E-state index contributed by atoms with van der Waals surface area (Å²) in [5.41, 5.74) is 6.39. The van der Waals surface area contributed by atoms with Gasteiger partial charge in [-0.1, -0.05) is 13.0 Å². The molecule has 2 aromatic heterocycles. The van der Waals surface area contributed by atoms with E-state index in [-0.39, 0.29) is 0 Å². The monoisotopic (exact) mass is 190 g/mol. The van der Waals surface area contributed by atoms with Crippen LogP contribution in [0.25, 0.3) is 5.65 Å². The number of nitrogens with two attached hydrogens (primary N) is 1. The first-order valence-electron chi connectivity index (χ1n) is 4.82. The molecular weight excluding hydrogens is 176 g/mol. The Morgan fingerprint density at radius 1 is 1.50 bits per heavy atom. The van der Waals surface area contributed by atoms with Gasteiger partial charge in [-0.2, -0.15) is 5.10 Å². The van der Waals surface area contributed by atoms with Crippen molar-refractivity contribution >= 4 is 5.65 Å². The largest absolute Gasteiger partial charge is 0.330 e. The van der Waals surface area contributed by atoms with Gasteiger partial charge >= 0.3 is 0 Å². The molecular formula is C10H14N4. The molecule has 74 valence electrons. The van der Waals surface area contributed by atoms with Crippen LogP contribution in [0.15, 0.2) is 24.4 Å². The zero-order valence-electron chi connectivity index (χ0n) is 8.22. The number of pyridine rings is 1. The molecule has 0 amide bonds. The number of aromatic nitrogens is 3. The summed E-state index contributed by atoms with van der Waals surface area (Å²) >= 11 is 0. The Balaban J connectivity index is 2.35. The topological polar surface area (TPSA) is 56.2 Å². The number of rotatable bonds is 3. The third-order valence-corrected chi connectivity index (χ3v) is 2.30. The highest BCUT2D eigenvalue weighted by Gasteiger charge is 2.10. The van der Waals surface area contributed by atoms with Gasteiger partial charge in [-0.25, -0.2) is 9.50 Å². The van der Waals surface area contributed by atoms with Crippen LogP contribution in [0.4, 0.5) is 0 Å². The van der Waals surface area contributed by atoms with Crippen LogP contribution >= 0.6 is 0 Å². The normalized spacial score (nSPS) is 13.3. The van der Waals surface area contributed by atoms with Gasteiger partial charge in [0.05, 0.1) is 0 Å². The average molecular weight is 190 g/mol. The SMILES string of the molecule is CC(CCN)c1nc2ccccn2n1. The highest BCUT2D eigenvalue weighted by Crippen LogP contribution is 2.14. The summed E-state index contributed by atoms with van der Waals surface area (Å²) in [6, 6.07) is 5.85. The Morgan fingerprint density at radius 2 is 2.36 bits per heavy atom. The Hall–Kier alpha value is -1.42. The first-order valence-corrected chi connectivity index (χ1v) is 4.82. The molecule has 1 unspecified atom stereocenters. The van der Waals surface area contributed by atoms with Crippen LogP contribution in [0.5, 0.6) is 0 Å².